The Morgan fingerprint density at radius 2 is 1.84 bits per heavy atom. The first-order valence-electron chi connectivity index (χ1n) is 11.3. The summed E-state index contributed by atoms with van der Waals surface area (Å²) in [5, 5.41) is 0. The largest absolute Gasteiger partial charge is 0.332 e. The molecule has 0 radical (unpaired) electrons. The van der Waals surface area contributed by atoms with Crippen LogP contribution in [-0.4, -0.2) is 34.4 Å². The van der Waals surface area contributed by atoms with Crippen LogP contribution >= 0.6 is 0 Å². The SMILES string of the molecule is Cc1ccc(-c2c(CN)c(CC(C)C)nc(C)c2N2C(=O)C3CCCCN3C2=O)cc1. The second kappa shape index (κ2) is 8.42. The van der Waals surface area contributed by atoms with Crippen LogP contribution in [0.4, 0.5) is 10.5 Å². The van der Waals surface area contributed by atoms with Crippen molar-refractivity contribution in [3.05, 3.63) is 46.8 Å². The molecule has 2 aliphatic rings. The van der Waals surface area contributed by atoms with Crippen LogP contribution in [0.5, 0.6) is 0 Å². The van der Waals surface area contributed by atoms with Gasteiger partial charge in [-0.1, -0.05) is 43.7 Å². The average molecular weight is 421 g/mol. The number of piperidine rings is 1. The minimum absolute atomic E-state index is 0.137. The molecule has 0 spiro atoms. The lowest BCUT2D eigenvalue weighted by atomic mass is 9.91. The smallest absolute Gasteiger partial charge is 0.326 e. The summed E-state index contributed by atoms with van der Waals surface area (Å²) in [6.45, 7) is 9.18. The highest BCUT2D eigenvalue weighted by atomic mass is 16.2. The van der Waals surface area contributed by atoms with E-state index in [1.54, 1.807) is 4.90 Å². The van der Waals surface area contributed by atoms with Gasteiger partial charge in [0.2, 0.25) is 0 Å². The Kier molecular flexibility index (Phi) is 5.84. The zero-order valence-electron chi connectivity index (χ0n) is 18.9. The second-order valence-corrected chi connectivity index (χ2v) is 9.18. The third-order valence-corrected chi connectivity index (χ3v) is 6.35. The number of rotatable bonds is 5. The number of amides is 3. The van der Waals surface area contributed by atoms with Gasteiger partial charge < -0.3 is 10.6 Å². The zero-order valence-corrected chi connectivity index (χ0v) is 18.9. The molecule has 164 valence electrons. The number of aryl methyl sites for hydroxylation is 2. The maximum Gasteiger partial charge on any atom is 0.332 e. The van der Waals surface area contributed by atoms with E-state index >= 15 is 0 Å². The van der Waals surface area contributed by atoms with E-state index in [1.807, 2.05) is 38.1 Å². The number of pyridine rings is 1. The van der Waals surface area contributed by atoms with Gasteiger partial charge in [0, 0.05) is 24.3 Å². The van der Waals surface area contributed by atoms with Gasteiger partial charge in [-0.2, -0.15) is 0 Å². The van der Waals surface area contributed by atoms with E-state index in [-0.39, 0.29) is 18.0 Å². The van der Waals surface area contributed by atoms with Crippen molar-refractivity contribution in [2.75, 3.05) is 11.4 Å². The van der Waals surface area contributed by atoms with Gasteiger partial charge >= 0.3 is 6.03 Å². The molecule has 2 N–H and O–H groups in total. The van der Waals surface area contributed by atoms with Crippen LogP contribution in [0.15, 0.2) is 24.3 Å². The number of nitrogens with two attached hydrogens (primary N) is 1. The summed E-state index contributed by atoms with van der Waals surface area (Å²) in [6.07, 6.45) is 3.43. The molecule has 1 aromatic heterocycles. The molecule has 31 heavy (non-hydrogen) atoms. The minimum Gasteiger partial charge on any atom is -0.326 e. The predicted molar refractivity (Wildman–Crippen MR) is 123 cm³/mol. The summed E-state index contributed by atoms with van der Waals surface area (Å²) in [6, 6.07) is 7.60. The molecule has 6 nitrogen and oxygen atoms in total. The van der Waals surface area contributed by atoms with Crippen molar-refractivity contribution in [3.8, 4) is 11.1 Å². The number of hydrogen-bond acceptors (Lipinski definition) is 4. The average Bonchev–Trinajstić information content (AvgIpc) is 2.99. The summed E-state index contributed by atoms with van der Waals surface area (Å²) in [7, 11) is 0. The minimum atomic E-state index is -0.358. The molecule has 2 aromatic rings. The molecule has 1 aromatic carbocycles. The van der Waals surface area contributed by atoms with Crippen LogP contribution in [0.3, 0.4) is 0 Å². The summed E-state index contributed by atoms with van der Waals surface area (Å²) in [5.74, 6) is 0.278. The van der Waals surface area contributed by atoms with Gasteiger partial charge in [-0.25, -0.2) is 9.69 Å². The van der Waals surface area contributed by atoms with E-state index in [9.17, 15) is 9.59 Å². The van der Waals surface area contributed by atoms with Crippen LogP contribution in [0.25, 0.3) is 11.1 Å². The highest BCUT2D eigenvalue weighted by Crippen LogP contribution is 2.41. The molecular formula is C25H32N4O2. The lowest BCUT2D eigenvalue weighted by Crippen LogP contribution is -2.39. The molecule has 2 aliphatic heterocycles. The topological polar surface area (TPSA) is 79.5 Å². The van der Waals surface area contributed by atoms with Gasteiger partial charge in [-0.15, -0.1) is 0 Å². The Labute approximate surface area is 184 Å². The summed E-state index contributed by atoms with van der Waals surface area (Å²) >= 11 is 0. The number of fused-ring (bicyclic) bond motifs is 1. The van der Waals surface area contributed by atoms with E-state index in [0.717, 1.165) is 53.6 Å². The number of nitrogens with zero attached hydrogens (tertiary/aromatic N) is 3. The third kappa shape index (κ3) is 3.74. The zero-order chi connectivity index (χ0) is 22.3. The first-order valence-corrected chi connectivity index (χ1v) is 11.3. The number of imide groups is 1. The second-order valence-electron chi connectivity index (χ2n) is 9.18. The monoisotopic (exact) mass is 420 g/mol. The molecular weight excluding hydrogens is 388 g/mol. The molecule has 1 atom stereocenters. The molecule has 3 heterocycles. The van der Waals surface area contributed by atoms with Crippen molar-refractivity contribution >= 4 is 17.6 Å². The van der Waals surface area contributed by atoms with E-state index in [4.69, 9.17) is 10.7 Å². The summed E-state index contributed by atoms with van der Waals surface area (Å²) in [5.41, 5.74) is 12.4. The Balaban J connectivity index is 1.96. The van der Waals surface area contributed by atoms with Crippen LogP contribution < -0.4 is 10.6 Å². The van der Waals surface area contributed by atoms with Crippen LogP contribution in [-0.2, 0) is 17.8 Å². The number of benzene rings is 1. The standard InChI is InChI=1S/C25H32N4O2/c1-15(2)13-20-19(14-26)22(18-10-8-16(3)9-11-18)23(17(4)27-20)29-24(30)21-7-5-6-12-28(21)25(29)31/h8-11,15,21H,5-7,12-14,26H2,1-4H3. The van der Waals surface area contributed by atoms with Gasteiger partial charge in [0.15, 0.2) is 0 Å². The van der Waals surface area contributed by atoms with Gasteiger partial charge in [0.25, 0.3) is 5.91 Å². The van der Waals surface area contributed by atoms with Crippen molar-refractivity contribution in [2.24, 2.45) is 11.7 Å². The highest BCUT2D eigenvalue weighted by Gasteiger charge is 2.48. The number of carbonyl (C=O) groups is 2. The summed E-state index contributed by atoms with van der Waals surface area (Å²) < 4.78 is 0. The van der Waals surface area contributed by atoms with Crippen LogP contribution in [0.2, 0.25) is 0 Å². The molecule has 0 aliphatic carbocycles. The molecule has 4 rings (SSSR count). The Morgan fingerprint density at radius 3 is 2.45 bits per heavy atom. The first-order chi connectivity index (χ1) is 14.8. The van der Waals surface area contributed by atoms with E-state index in [2.05, 4.69) is 13.8 Å². The maximum atomic E-state index is 13.4. The van der Waals surface area contributed by atoms with Gasteiger partial charge in [-0.05, 0) is 56.6 Å². The van der Waals surface area contributed by atoms with Crippen LogP contribution in [0.1, 0.15) is 55.6 Å². The van der Waals surface area contributed by atoms with Gasteiger partial charge in [0.1, 0.15) is 6.04 Å². The molecule has 0 bridgehead atoms. The third-order valence-electron chi connectivity index (χ3n) is 6.35. The van der Waals surface area contributed by atoms with Crippen molar-refractivity contribution in [1.82, 2.24) is 9.88 Å². The molecule has 3 amide bonds. The molecule has 1 unspecified atom stereocenters. The fraction of sp³-hybridized carbons (Fsp3) is 0.480. The Hall–Kier alpha value is -2.73. The van der Waals surface area contributed by atoms with Gasteiger partial charge in [0.05, 0.1) is 11.4 Å². The number of anilines is 1. The fourth-order valence-electron chi connectivity index (χ4n) is 4.87. The molecule has 6 heteroatoms. The van der Waals surface area contributed by atoms with Crippen molar-refractivity contribution in [3.63, 3.8) is 0 Å². The number of carbonyl (C=O) groups excluding carboxylic acids is 2. The first kappa shape index (κ1) is 21.5. The molecule has 0 saturated carbocycles. The molecule has 2 saturated heterocycles. The van der Waals surface area contributed by atoms with Crippen molar-refractivity contribution in [2.45, 2.75) is 66.0 Å². The quantitative estimate of drug-likeness (QED) is 0.730. The van der Waals surface area contributed by atoms with Gasteiger partial charge in [-0.3, -0.25) is 9.78 Å². The Morgan fingerprint density at radius 1 is 1.13 bits per heavy atom. The normalized spacial score (nSPS) is 18.8. The lowest BCUT2D eigenvalue weighted by molar-refractivity contribution is -0.120. The van der Waals surface area contributed by atoms with E-state index < -0.39 is 0 Å². The number of aromatic nitrogens is 1. The summed E-state index contributed by atoms with van der Waals surface area (Å²) in [4.78, 5) is 34.8. The maximum absolute atomic E-state index is 13.4. The van der Waals surface area contributed by atoms with E-state index in [0.29, 0.717) is 30.4 Å². The number of hydrogen-bond donors (Lipinski definition) is 1. The predicted octanol–water partition coefficient (Wildman–Crippen LogP) is 4.34. The van der Waals surface area contributed by atoms with Crippen molar-refractivity contribution in [1.29, 1.82) is 0 Å². The highest BCUT2D eigenvalue weighted by molar-refractivity contribution is 6.23. The number of urea groups is 1. The van der Waals surface area contributed by atoms with Crippen LogP contribution in [0, 0.1) is 19.8 Å². The van der Waals surface area contributed by atoms with E-state index in [1.165, 1.54) is 4.90 Å². The fourth-order valence-corrected chi connectivity index (χ4v) is 4.87. The lowest BCUT2D eigenvalue weighted by Gasteiger charge is -2.26. The molecule has 2 fully saturated rings. The Bertz CT molecular complexity index is 989. The van der Waals surface area contributed by atoms with Crippen molar-refractivity contribution < 1.29 is 9.59 Å².